The van der Waals surface area contributed by atoms with Gasteiger partial charge in [0, 0.05) is 22.0 Å². The van der Waals surface area contributed by atoms with E-state index in [1.54, 1.807) is 11.2 Å². The number of piperidine rings is 1. The molecule has 31 heavy (non-hydrogen) atoms. The van der Waals surface area contributed by atoms with Gasteiger partial charge in [0.2, 0.25) is 0 Å². The van der Waals surface area contributed by atoms with E-state index in [9.17, 15) is 0 Å². The maximum atomic E-state index is 4.38. The van der Waals surface area contributed by atoms with Crippen LogP contribution in [0.25, 0.3) is 27.1 Å². The summed E-state index contributed by atoms with van der Waals surface area (Å²) >= 11 is 1.99. The van der Waals surface area contributed by atoms with Crippen molar-refractivity contribution < 1.29 is 0 Å². The number of aryl methyl sites for hydroxylation is 2. The first-order valence-corrected chi connectivity index (χ1v) is 12.5. The highest BCUT2D eigenvalue weighted by molar-refractivity contribution is 7.19. The Labute approximate surface area is 188 Å². The first-order valence-electron chi connectivity index (χ1n) is 11.7. The van der Waals surface area contributed by atoms with Crippen molar-refractivity contribution in [2.45, 2.75) is 65.7 Å². The Balaban J connectivity index is 1.56. The number of nitrogens with one attached hydrogen (secondary N) is 1. The molecule has 0 aromatic carbocycles. The molecule has 0 unspecified atom stereocenters. The van der Waals surface area contributed by atoms with Gasteiger partial charge in [-0.2, -0.15) is 5.10 Å². The summed E-state index contributed by atoms with van der Waals surface area (Å²) in [5, 5.41) is 5.84. The Kier molecular flexibility index (Phi) is 5.39. The second-order valence-electron chi connectivity index (χ2n) is 9.42. The van der Waals surface area contributed by atoms with Gasteiger partial charge in [-0.05, 0) is 87.3 Å². The largest absolute Gasteiger partial charge is 0.346 e. The topological polar surface area (TPSA) is 49.2 Å². The number of H-pyrrole nitrogens is 1. The first kappa shape index (κ1) is 20.7. The zero-order valence-electron chi connectivity index (χ0n) is 19.3. The van der Waals surface area contributed by atoms with Crippen LogP contribution in [0.2, 0.25) is 0 Å². The first-order chi connectivity index (χ1) is 15.0. The third-order valence-electron chi connectivity index (χ3n) is 6.88. The molecule has 5 heterocycles. The molecule has 4 aromatic heterocycles. The number of thiophene rings is 1. The van der Waals surface area contributed by atoms with Crippen molar-refractivity contribution >= 4 is 27.2 Å². The molecule has 1 N–H and O–H groups in total. The Morgan fingerprint density at radius 2 is 2.00 bits per heavy atom. The summed E-state index contributed by atoms with van der Waals surface area (Å²) in [4.78, 5) is 13.8. The predicted molar refractivity (Wildman–Crippen MR) is 130 cm³/mol. The lowest BCUT2D eigenvalue weighted by atomic mass is 9.90. The molecule has 0 saturated carbocycles. The minimum absolute atomic E-state index is 0.447. The molecule has 0 amide bonds. The van der Waals surface area contributed by atoms with Crippen LogP contribution in [-0.4, -0.2) is 44.1 Å². The molecule has 1 aliphatic rings. The molecule has 0 radical (unpaired) electrons. The zero-order valence-corrected chi connectivity index (χ0v) is 20.1. The standard InChI is InChI=1S/C25H33N5S/c1-6-9-29-10-7-18(8-11-29)23-17(5)21-20(15(2)3)22(28-25(21)31-23)19-12-16(4)24-26-14-27-30(24)13-19/h12-15,18,28H,6-11H2,1-5H3. The molecule has 4 aromatic rings. The summed E-state index contributed by atoms with van der Waals surface area (Å²) < 4.78 is 1.89. The van der Waals surface area contributed by atoms with E-state index in [1.807, 2.05) is 15.9 Å². The molecule has 0 aliphatic carbocycles. The lowest BCUT2D eigenvalue weighted by molar-refractivity contribution is 0.213. The van der Waals surface area contributed by atoms with E-state index in [2.05, 4.69) is 66.8 Å². The molecule has 1 aliphatic heterocycles. The van der Waals surface area contributed by atoms with Crippen molar-refractivity contribution in [2.24, 2.45) is 0 Å². The van der Waals surface area contributed by atoms with E-state index in [1.165, 1.54) is 71.5 Å². The van der Waals surface area contributed by atoms with Crippen molar-refractivity contribution in [3.63, 3.8) is 0 Å². The van der Waals surface area contributed by atoms with Crippen molar-refractivity contribution in [2.75, 3.05) is 19.6 Å². The fourth-order valence-corrected chi connectivity index (χ4v) is 6.80. The molecule has 0 bridgehead atoms. The third kappa shape index (κ3) is 3.50. The van der Waals surface area contributed by atoms with Gasteiger partial charge in [0.15, 0.2) is 5.65 Å². The van der Waals surface area contributed by atoms with Crippen molar-refractivity contribution in [1.82, 2.24) is 24.5 Å². The Bertz CT molecular complexity index is 1220. The summed E-state index contributed by atoms with van der Waals surface area (Å²) in [6.07, 6.45) is 7.57. The van der Waals surface area contributed by atoms with Gasteiger partial charge < -0.3 is 9.88 Å². The summed E-state index contributed by atoms with van der Waals surface area (Å²) in [5.74, 6) is 1.15. The number of aromatic amines is 1. The SMILES string of the molecule is CCCN1CCC(c2sc3[nH]c(-c4cc(C)c5ncnn5c4)c(C(C)C)c3c2C)CC1. The monoisotopic (exact) mass is 435 g/mol. The van der Waals surface area contributed by atoms with Crippen LogP contribution in [0.5, 0.6) is 0 Å². The highest BCUT2D eigenvalue weighted by Gasteiger charge is 2.27. The number of aromatic nitrogens is 4. The fraction of sp³-hybridized carbons (Fsp3) is 0.520. The van der Waals surface area contributed by atoms with Gasteiger partial charge in [0.25, 0.3) is 0 Å². The van der Waals surface area contributed by atoms with Crippen LogP contribution in [-0.2, 0) is 0 Å². The molecule has 0 spiro atoms. The molecule has 0 atom stereocenters. The zero-order chi connectivity index (χ0) is 21.7. The molecule has 5 nitrogen and oxygen atoms in total. The van der Waals surface area contributed by atoms with Crippen LogP contribution in [0.3, 0.4) is 0 Å². The highest BCUT2D eigenvalue weighted by Crippen LogP contribution is 2.45. The molecular weight excluding hydrogens is 402 g/mol. The Morgan fingerprint density at radius 3 is 2.71 bits per heavy atom. The van der Waals surface area contributed by atoms with Crippen LogP contribution in [0.1, 0.15) is 73.4 Å². The highest BCUT2D eigenvalue weighted by atomic mass is 32.1. The smallest absolute Gasteiger partial charge is 0.158 e. The van der Waals surface area contributed by atoms with Gasteiger partial charge in [-0.15, -0.1) is 11.3 Å². The van der Waals surface area contributed by atoms with Crippen LogP contribution >= 0.6 is 11.3 Å². The van der Waals surface area contributed by atoms with Crippen molar-refractivity contribution in [3.8, 4) is 11.3 Å². The molecule has 1 saturated heterocycles. The predicted octanol–water partition coefficient (Wildman–Crippen LogP) is 6.27. The summed E-state index contributed by atoms with van der Waals surface area (Å²) in [5.41, 5.74) is 7.45. The number of hydrogen-bond acceptors (Lipinski definition) is 4. The lowest BCUT2D eigenvalue weighted by Crippen LogP contribution is -2.33. The van der Waals surface area contributed by atoms with Gasteiger partial charge >= 0.3 is 0 Å². The van der Waals surface area contributed by atoms with Crippen molar-refractivity contribution in [3.05, 3.63) is 40.2 Å². The van der Waals surface area contributed by atoms with E-state index >= 15 is 0 Å². The van der Waals surface area contributed by atoms with Crippen LogP contribution in [0.4, 0.5) is 0 Å². The maximum absolute atomic E-state index is 4.38. The third-order valence-corrected chi connectivity index (χ3v) is 8.25. The van der Waals surface area contributed by atoms with E-state index < -0.39 is 0 Å². The van der Waals surface area contributed by atoms with Gasteiger partial charge in [0.05, 0.1) is 5.69 Å². The minimum atomic E-state index is 0.447. The molecule has 1 fully saturated rings. The van der Waals surface area contributed by atoms with Gasteiger partial charge in [-0.25, -0.2) is 9.50 Å². The van der Waals surface area contributed by atoms with E-state index in [0.717, 1.165) is 11.2 Å². The summed E-state index contributed by atoms with van der Waals surface area (Å²) in [6, 6.07) is 2.24. The molecule has 164 valence electrons. The number of fused-ring (bicyclic) bond motifs is 2. The molecule has 6 heteroatoms. The normalized spacial score (nSPS) is 16.3. The number of hydrogen-bond donors (Lipinski definition) is 1. The second kappa shape index (κ2) is 8.06. The van der Waals surface area contributed by atoms with Crippen LogP contribution < -0.4 is 0 Å². The summed E-state index contributed by atoms with van der Waals surface area (Å²) in [7, 11) is 0. The van der Waals surface area contributed by atoms with E-state index in [4.69, 9.17) is 0 Å². The number of pyridine rings is 1. The van der Waals surface area contributed by atoms with Crippen molar-refractivity contribution in [1.29, 1.82) is 0 Å². The van der Waals surface area contributed by atoms with Crippen LogP contribution in [0, 0.1) is 13.8 Å². The molecule has 5 rings (SSSR count). The average Bonchev–Trinajstić information content (AvgIpc) is 3.44. The summed E-state index contributed by atoms with van der Waals surface area (Å²) in [6.45, 7) is 15.1. The van der Waals surface area contributed by atoms with Gasteiger partial charge in [0.1, 0.15) is 11.2 Å². The van der Waals surface area contributed by atoms with Crippen LogP contribution in [0.15, 0.2) is 18.6 Å². The number of likely N-dealkylation sites (tertiary alicyclic amines) is 1. The quantitative estimate of drug-likeness (QED) is 0.402. The van der Waals surface area contributed by atoms with E-state index in [0.29, 0.717) is 11.8 Å². The van der Waals surface area contributed by atoms with Gasteiger partial charge in [-0.1, -0.05) is 20.8 Å². The van der Waals surface area contributed by atoms with E-state index in [-0.39, 0.29) is 0 Å². The minimum Gasteiger partial charge on any atom is -0.346 e. The number of nitrogens with zero attached hydrogens (tertiary/aromatic N) is 4. The Morgan fingerprint density at radius 1 is 1.23 bits per heavy atom. The molecular formula is C25H33N5S. The second-order valence-corrected chi connectivity index (χ2v) is 10.5. The van der Waals surface area contributed by atoms with Gasteiger partial charge in [-0.3, -0.25) is 0 Å². The maximum Gasteiger partial charge on any atom is 0.158 e. The fourth-order valence-electron chi connectivity index (χ4n) is 5.41. The number of rotatable bonds is 5. The lowest BCUT2D eigenvalue weighted by Gasteiger charge is -2.31. The Hall–Kier alpha value is -2.18. The average molecular weight is 436 g/mol.